The summed E-state index contributed by atoms with van der Waals surface area (Å²) in [6, 6.07) is 5.39. The molecule has 0 aliphatic rings. The second-order valence-electron chi connectivity index (χ2n) is 4.98. The van der Waals surface area contributed by atoms with Gasteiger partial charge in [-0.3, -0.25) is 23.8 Å². The second kappa shape index (κ2) is 6.39. The second-order valence-corrected chi connectivity index (χ2v) is 4.98. The third-order valence-corrected chi connectivity index (χ3v) is 3.38. The van der Waals surface area contributed by atoms with Gasteiger partial charge in [0, 0.05) is 19.8 Å². The van der Waals surface area contributed by atoms with E-state index >= 15 is 0 Å². The highest BCUT2D eigenvalue weighted by Gasteiger charge is 2.10. The number of pyridine rings is 1. The highest BCUT2D eigenvalue weighted by Crippen LogP contribution is 2.04. The minimum absolute atomic E-state index is 0.0835. The van der Waals surface area contributed by atoms with Crippen molar-refractivity contribution in [2.45, 2.75) is 19.6 Å². The van der Waals surface area contributed by atoms with Crippen LogP contribution in [-0.4, -0.2) is 30.3 Å². The molecule has 0 fully saturated rings. The van der Waals surface area contributed by atoms with Gasteiger partial charge in [0.25, 0.3) is 5.56 Å². The smallest absolute Gasteiger partial charge is 0.307 e. The van der Waals surface area contributed by atoms with Crippen LogP contribution >= 0.6 is 0 Å². The highest BCUT2D eigenvalue weighted by atomic mass is 16.5. The van der Waals surface area contributed by atoms with E-state index in [9.17, 15) is 9.59 Å². The van der Waals surface area contributed by atoms with Crippen LogP contribution in [0.4, 0.5) is 0 Å². The van der Waals surface area contributed by atoms with Crippen molar-refractivity contribution in [3.8, 4) is 0 Å². The summed E-state index contributed by atoms with van der Waals surface area (Å²) in [6.07, 6.45) is 4.61. The van der Waals surface area contributed by atoms with Gasteiger partial charge < -0.3 is 4.74 Å². The van der Waals surface area contributed by atoms with Gasteiger partial charge in [-0.1, -0.05) is 6.07 Å². The van der Waals surface area contributed by atoms with Gasteiger partial charge in [-0.25, -0.2) is 4.98 Å². The number of ether oxygens (including phenoxy) is 1. The van der Waals surface area contributed by atoms with Crippen molar-refractivity contribution in [3.05, 3.63) is 53.0 Å². The summed E-state index contributed by atoms with van der Waals surface area (Å²) in [5, 5.41) is 4.43. The fourth-order valence-corrected chi connectivity index (χ4v) is 2.15. The lowest BCUT2D eigenvalue weighted by Crippen LogP contribution is -2.22. The molecule has 0 atom stereocenters. The molecule has 0 aliphatic carbocycles. The van der Waals surface area contributed by atoms with Crippen LogP contribution < -0.4 is 5.56 Å². The number of aromatic nitrogens is 5. The Morgan fingerprint density at radius 1 is 1.30 bits per heavy atom. The van der Waals surface area contributed by atoms with Gasteiger partial charge >= 0.3 is 5.97 Å². The number of hydrogen-bond acceptors (Lipinski definition) is 6. The van der Waals surface area contributed by atoms with Gasteiger partial charge in [-0.05, 0) is 12.1 Å². The molecule has 8 nitrogen and oxygen atoms in total. The number of fused-ring (bicyclic) bond motifs is 1. The van der Waals surface area contributed by atoms with Crippen LogP contribution in [0.15, 0.2) is 41.7 Å². The summed E-state index contributed by atoms with van der Waals surface area (Å²) in [7, 11) is 1.72. The first kappa shape index (κ1) is 14.9. The summed E-state index contributed by atoms with van der Waals surface area (Å²) >= 11 is 0. The number of aryl methyl sites for hydroxylation is 2. The lowest BCUT2D eigenvalue weighted by Gasteiger charge is -2.06. The van der Waals surface area contributed by atoms with Gasteiger partial charge in [0.05, 0.1) is 24.6 Å². The van der Waals surface area contributed by atoms with Crippen molar-refractivity contribution >= 4 is 17.0 Å². The number of nitrogens with zero attached hydrogens (tertiary/aromatic N) is 5. The maximum atomic E-state index is 12.2. The largest absolute Gasteiger partial charge is 0.459 e. The van der Waals surface area contributed by atoms with E-state index < -0.39 is 5.97 Å². The molecule has 0 bridgehead atoms. The minimum Gasteiger partial charge on any atom is -0.459 e. The predicted octanol–water partition coefficient (Wildman–Crippen LogP) is 0.658. The maximum absolute atomic E-state index is 12.2. The van der Waals surface area contributed by atoms with Crippen LogP contribution in [0.5, 0.6) is 0 Å². The summed E-state index contributed by atoms with van der Waals surface area (Å²) in [5.41, 5.74) is 0.973. The van der Waals surface area contributed by atoms with E-state index in [2.05, 4.69) is 15.1 Å². The zero-order valence-electron chi connectivity index (χ0n) is 12.5. The summed E-state index contributed by atoms with van der Waals surface area (Å²) < 4.78 is 8.04. The predicted molar refractivity (Wildman–Crippen MR) is 81.4 cm³/mol. The lowest BCUT2D eigenvalue weighted by molar-refractivity contribution is -0.145. The van der Waals surface area contributed by atoms with Gasteiger partial charge in [0.2, 0.25) is 0 Å². The van der Waals surface area contributed by atoms with Crippen LogP contribution in [0.25, 0.3) is 11.0 Å². The number of hydrogen-bond donors (Lipinski definition) is 0. The Bertz CT molecular complexity index is 885. The third-order valence-electron chi connectivity index (χ3n) is 3.38. The van der Waals surface area contributed by atoms with Crippen molar-refractivity contribution in [1.82, 2.24) is 24.3 Å². The van der Waals surface area contributed by atoms with Crippen LogP contribution in [-0.2, 0) is 29.7 Å². The molecule has 0 saturated heterocycles. The standard InChI is InChI=1S/C15H15N5O3/c1-19-14-12(8-18-19)15(22)20(10-17-14)7-5-13(21)23-9-11-4-2-3-6-16-11/h2-4,6,8,10H,5,7,9H2,1H3. The first-order valence-electron chi connectivity index (χ1n) is 7.08. The molecular formula is C15H15N5O3. The Hall–Kier alpha value is -3.03. The van der Waals surface area contributed by atoms with E-state index in [1.807, 2.05) is 6.07 Å². The van der Waals surface area contributed by atoms with E-state index in [1.165, 1.54) is 21.8 Å². The van der Waals surface area contributed by atoms with Crippen molar-refractivity contribution in [2.24, 2.45) is 7.05 Å². The molecule has 0 unspecified atom stereocenters. The molecule has 0 amide bonds. The molecule has 3 heterocycles. The Kier molecular flexibility index (Phi) is 4.13. The first-order valence-corrected chi connectivity index (χ1v) is 7.08. The zero-order chi connectivity index (χ0) is 16.2. The number of carbonyl (C=O) groups excluding carboxylic acids is 1. The molecule has 3 aromatic heterocycles. The summed E-state index contributed by atoms with van der Waals surface area (Å²) in [6.45, 7) is 0.326. The molecule has 8 heteroatoms. The molecule has 3 rings (SSSR count). The lowest BCUT2D eigenvalue weighted by atomic mass is 10.3. The normalized spacial score (nSPS) is 10.8. The molecule has 3 aromatic rings. The van der Waals surface area contributed by atoms with E-state index in [1.54, 1.807) is 25.4 Å². The van der Waals surface area contributed by atoms with Gasteiger partial charge in [0.1, 0.15) is 12.0 Å². The fourth-order valence-electron chi connectivity index (χ4n) is 2.15. The third kappa shape index (κ3) is 3.25. The van der Waals surface area contributed by atoms with E-state index in [4.69, 9.17) is 4.74 Å². The molecule has 0 aliphatic heterocycles. The first-order chi connectivity index (χ1) is 11.1. The number of rotatable bonds is 5. The van der Waals surface area contributed by atoms with Crippen molar-refractivity contribution in [3.63, 3.8) is 0 Å². The Morgan fingerprint density at radius 3 is 2.96 bits per heavy atom. The van der Waals surface area contributed by atoms with E-state index in [0.29, 0.717) is 16.7 Å². The van der Waals surface area contributed by atoms with Crippen LogP contribution in [0.2, 0.25) is 0 Å². The van der Waals surface area contributed by atoms with E-state index in [0.717, 1.165) is 0 Å². The van der Waals surface area contributed by atoms with Crippen LogP contribution in [0, 0.1) is 0 Å². The topological polar surface area (TPSA) is 91.9 Å². The fraction of sp³-hybridized carbons (Fsp3) is 0.267. The van der Waals surface area contributed by atoms with Gasteiger partial charge in [-0.2, -0.15) is 5.10 Å². The molecule has 0 N–H and O–H groups in total. The quantitative estimate of drug-likeness (QED) is 0.643. The molecule has 0 radical (unpaired) electrons. The SMILES string of the molecule is Cn1ncc2c(=O)n(CCC(=O)OCc3ccccn3)cnc21. The van der Waals surface area contributed by atoms with Gasteiger partial charge in [-0.15, -0.1) is 0 Å². The zero-order valence-corrected chi connectivity index (χ0v) is 12.5. The van der Waals surface area contributed by atoms with Crippen molar-refractivity contribution in [2.75, 3.05) is 0 Å². The maximum Gasteiger partial charge on any atom is 0.307 e. The molecular weight excluding hydrogens is 298 g/mol. The molecule has 23 heavy (non-hydrogen) atoms. The number of esters is 1. The van der Waals surface area contributed by atoms with Gasteiger partial charge in [0.15, 0.2) is 5.65 Å². The minimum atomic E-state index is -0.395. The number of carbonyl (C=O) groups is 1. The van der Waals surface area contributed by atoms with Crippen molar-refractivity contribution < 1.29 is 9.53 Å². The molecule has 0 saturated carbocycles. The van der Waals surface area contributed by atoms with Crippen LogP contribution in [0.3, 0.4) is 0 Å². The molecule has 0 spiro atoms. The van der Waals surface area contributed by atoms with E-state index in [-0.39, 0.29) is 25.1 Å². The Labute approximate surface area is 131 Å². The van der Waals surface area contributed by atoms with Crippen molar-refractivity contribution in [1.29, 1.82) is 0 Å². The summed E-state index contributed by atoms with van der Waals surface area (Å²) in [5.74, 6) is -0.395. The average Bonchev–Trinajstić information content (AvgIpc) is 2.95. The highest BCUT2D eigenvalue weighted by molar-refractivity contribution is 5.73. The monoisotopic (exact) mass is 313 g/mol. The summed E-state index contributed by atoms with van der Waals surface area (Å²) in [4.78, 5) is 32.2. The Balaban J connectivity index is 1.61. The molecule has 0 aromatic carbocycles. The Morgan fingerprint density at radius 2 is 2.17 bits per heavy atom. The average molecular weight is 313 g/mol. The van der Waals surface area contributed by atoms with Crippen LogP contribution in [0.1, 0.15) is 12.1 Å². The molecule has 118 valence electrons.